The summed E-state index contributed by atoms with van der Waals surface area (Å²) in [5.74, 6) is -0.161. The van der Waals surface area contributed by atoms with Crippen molar-refractivity contribution in [3.05, 3.63) is 35.9 Å². The molecule has 2 N–H and O–H groups in total. The standard InChI is InChI=1S/C14H13N3O/c15-14(18)9-5-6-12-13(7-9)17-11-4-2-1-3-10(11)8-16-12/h1-2,5-8,10H,3-4H2,(H2,15,18). The number of allylic oxidation sites excluding steroid dienone is 2. The van der Waals surface area contributed by atoms with Crippen LogP contribution in [0.2, 0.25) is 0 Å². The molecule has 0 bridgehead atoms. The van der Waals surface area contributed by atoms with Crippen molar-refractivity contribution in [2.45, 2.75) is 12.8 Å². The molecule has 1 aromatic carbocycles. The van der Waals surface area contributed by atoms with Crippen molar-refractivity contribution in [2.24, 2.45) is 21.6 Å². The van der Waals surface area contributed by atoms with Crippen molar-refractivity contribution in [2.75, 3.05) is 0 Å². The van der Waals surface area contributed by atoms with Gasteiger partial charge in [0.1, 0.15) is 0 Å². The highest BCUT2D eigenvalue weighted by molar-refractivity contribution is 6.05. The molecule has 4 heteroatoms. The van der Waals surface area contributed by atoms with E-state index in [4.69, 9.17) is 5.73 Å². The molecule has 0 radical (unpaired) electrons. The van der Waals surface area contributed by atoms with Crippen LogP contribution in [-0.4, -0.2) is 17.8 Å². The summed E-state index contributed by atoms with van der Waals surface area (Å²) in [6, 6.07) is 5.19. The largest absolute Gasteiger partial charge is 0.366 e. The van der Waals surface area contributed by atoms with Crippen molar-refractivity contribution < 1.29 is 4.79 Å². The van der Waals surface area contributed by atoms with Crippen LogP contribution in [0.15, 0.2) is 40.3 Å². The van der Waals surface area contributed by atoms with E-state index in [9.17, 15) is 4.79 Å². The monoisotopic (exact) mass is 239 g/mol. The van der Waals surface area contributed by atoms with Gasteiger partial charge in [-0.2, -0.15) is 0 Å². The van der Waals surface area contributed by atoms with Crippen LogP contribution in [0, 0.1) is 5.92 Å². The van der Waals surface area contributed by atoms with Gasteiger partial charge >= 0.3 is 0 Å². The Kier molecular flexibility index (Phi) is 2.55. The molecule has 1 unspecified atom stereocenters. The molecule has 18 heavy (non-hydrogen) atoms. The normalized spacial score (nSPS) is 20.7. The van der Waals surface area contributed by atoms with Crippen molar-refractivity contribution in [3.8, 4) is 0 Å². The third-order valence-electron chi connectivity index (χ3n) is 3.23. The number of nitrogens with zero attached hydrogens (tertiary/aromatic N) is 2. The van der Waals surface area contributed by atoms with Gasteiger partial charge in [-0.3, -0.25) is 14.8 Å². The number of benzene rings is 1. The van der Waals surface area contributed by atoms with E-state index >= 15 is 0 Å². The molecule has 1 atom stereocenters. The van der Waals surface area contributed by atoms with Gasteiger partial charge in [-0.1, -0.05) is 12.2 Å². The second-order valence-corrected chi connectivity index (χ2v) is 4.47. The second kappa shape index (κ2) is 4.22. The van der Waals surface area contributed by atoms with Crippen molar-refractivity contribution >= 4 is 29.2 Å². The van der Waals surface area contributed by atoms with Gasteiger partial charge in [0.05, 0.1) is 11.4 Å². The first-order valence-corrected chi connectivity index (χ1v) is 5.94. The zero-order valence-corrected chi connectivity index (χ0v) is 9.84. The average molecular weight is 239 g/mol. The number of hydrogen-bond acceptors (Lipinski definition) is 3. The lowest BCUT2D eigenvalue weighted by Gasteiger charge is -2.14. The fourth-order valence-electron chi connectivity index (χ4n) is 2.21. The maximum atomic E-state index is 11.2. The maximum Gasteiger partial charge on any atom is 0.248 e. The zero-order valence-electron chi connectivity index (χ0n) is 9.84. The van der Waals surface area contributed by atoms with Gasteiger partial charge in [0.25, 0.3) is 0 Å². The molecule has 0 spiro atoms. The van der Waals surface area contributed by atoms with E-state index in [0.717, 1.165) is 29.9 Å². The molecule has 0 saturated heterocycles. The molecule has 2 aliphatic rings. The van der Waals surface area contributed by atoms with E-state index < -0.39 is 5.91 Å². The SMILES string of the molecule is NC(=O)c1ccc2c(c1)N=C1CC=CCC1C=N2. The van der Waals surface area contributed by atoms with E-state index in [2.05, 4.69) is 22.1 Å². The van der Waals surface area contributed by atoms with Crippen molar-refractivity contribution in [1.29, 1.82) is 0 Å². The molecular formula is C14H13N3O. The Morgan fingerprint density at radius 3 is 3.00 bits per heavy atom. The van der Waals surface area contributed by atoms with E-state index in [1.165, 1.54) is 0 Å². The summed E-state index contributed by atoms with van der Waals surface area (Å²) in [6.45, 7) is 0. The van der Waals surface area contributed by atoms with Crippen LogP contribution in [0.25, 0.3) is 0 Å². The quantitative estimate of drug-likeness (QED) is 0.752. The van der Waals surface area contributed by atoms with Crippen molar-refractivity contribution in [1.82, 2.24) is 0 Å². The Morgan fingerprint density at radius 1 is 1.28 bits per heavy atom. The molecule has 1 heterocycles. The Morgan fingerprint density at radius 2 is 2.17 bits per heavy atom. The molecule has 1 amide bonds. The van der Waals surface area contributed by atoms with Crippen LogP contribution in [-0.2, 0) is 0 Å². The van der Waals surface area contributed by atoms with Crippen molar-refractivity contribution in [3.63, 3.8) is 0 Å². The third-order valence-corrected chi connectivity index (χ3v) is 3.23. The predicted octanol–water partition coefficient (Wildman–Crippen LogP) is 2.54. The van der Waals surface area contributed by atoms with Gasteiger partial charge in [0, 0.05) is 29.8 Å². The molecule has 90 valence electrons. The summed E-state index contributed by atoms with van der Waals surface area (Å²) in [5, 5.41) is 0. The summed E-state index contributed by atoms with van der Waals surface area (Å²) in [6.07, 6.45) is 8.00. The van der Waals surface area contributed by atoms with Crippen LogP contribution in [0.1, 0.15) is 23.2 Å². The maximum absolute atomic E-state index is 11.2. The Labute approximate surface area is 105 Å². The third kappa shape index (κ3) is 1.86. The number of fused-ring (bicyclic) bond motifs is 2. The van der Waals surface area contributed by atoms with E-state index in [1.807, 2.05) is 6.21 Å². The highest BCUT2D eigenvalue weighted by atomic mass is 16.1. The molecule has 1 aliphatic heterocycles. The second-order valence-electron chi connectivity index (χ2n) is 4.47. The van der Waals surface area contributed by atoms with E-state index in [1.54, 1.807) is 18.2 Å². The van der Waals surface area contributed by atoms with Gasteiger partial charge in [0.2, 0.25) is 5.91 Å². The number of rotatable bonds is 1. The fraction of sp³-hybridized carbons (Fsp3) is 0.214. The number of aliphatic imine (C=N–C) groups is 2. The zero-order chi connectivity index (χ0) is 12.5. The van der Waals surface area contributed by atoms with Gasteiger partial charge in [0.15, 0.2) is 0 Å². The summed E-state index contributed by atoms with van der Waals surface area (Å²) in [5.41, 5.74) is 8.38. The number of carbonyl (C=O) groups is 1. The Balaban J connectivity index is 2.10. The smallest absolute Gasteiger partial charge is 0.248 e. The van der Waals surface area contributed by atoms with Crippen LogP contribution in [0.5, 0.6) is 0 Å². The van der Waals surface area contributed by atoms with Crippen LogP contribution >= 0.6 is 0 Å². The van der Waals surface area contributed by atoms with Crippen LogP contribution in [0.4, 0.5) is 11.4 Å². The average Bonchev–Trinajstić information content (AvgIpc) is 2.56. The molecule has 1 aliphatic carbocycles. The summed E-state index contributed by atoms with van der Waals surface area (Å²) in [7, 11) is 0. The molecule has 3 rings (SSSR count). The molecule has 0 saturated carbocycles. The predicted molar refractivity (Wildman–Crippen MR) is 72.1 cm³/mol. The van der Waals surface area contributed by atoms with Gasteiger partial charge in [-0.25, -0.2) is 0 Å². The summed E-state index contributed by atoms with van der Waals surface area (Å²) >= 11 is 0. The minimum Gasteiger partial charge on any atom is -0.366 e. The lowest BCUT2D eigenvalue weighted by Crippen LogP contribution is -2.16. The number of hydrogen-bond donors (Lipinski definition) is 1. The molecular weight excluding hydrogens is 226 g/mol. The van der Waals surface area contributed by atoms with E-state index in [-0.39, 0.29) is 5.92 Å². The van der Waals surface area contributed by atoms with Crippen LogP contribution < -0.4 is 5.73 Å². The number of nitrogens with two attached hydrogens (primary N) is 1. The highest BCUT2D eigenvalue weighted by Crippen LogP contribution is 2.33. The topological polar surface area (TPSA) is 67.8 Å². The van der Waals surface area contributed by atoms with E-state index in [0.29, 0.717) is 5.56 Å². The van der Waals surface area contributed by atoms with Gasteiger partial charge < -0.3 is 5.73 Å². The Bertz CT molecular complexity index is 599. The molecule has 0 fully saturated rings. The number of carbonyl (C=O) groups excluding carboxylic acids is 1. The first-order chi connectivity index (χ1) is 8.74. The fourth-order valence-corrected chi connectivity index (χ4v) is 2.21. The molecule has 4 nitrogen and oxygen atoms in total. The minimum atomic E-state index is -0.439. The van der Waals surface area contributed by atoms with Gasteiger partial charge in [-0.15, -0.1) is 0 Å². The lowest BCUT2D eigenvalue weighted by atomic mass is 9.93. The molecule has 1 aromatic rings. The first-order valence-electron chi connectivity index (χ1n) is 5.94. The first kappa shape index (κ1) is 10.9. The van der Waals surface area contributed by atoms with Gasteiger partial charge in [-0.05, 0) is 24.6 Å². The summed E-state index contributed by atoms with van der Waals surface area (Å²) < 4.78 is 0. The minimum absolute atomic E-state index is 0.277. The summed E-state index contributed by atoms with van der Waals surface area (Å²) in [4.78, 5) is 20.3. The number of amides is 1. The Hall–Kier alpha value is -2.23. The van der Waals surface area contributed by atoms with Crippen LogP contribution in [0.3, 0.4) is 0 Å². The molecule has 0 aromatic heterocycles. The number of primary amides is 1. The highest BCUT2D eigenvalue weighted by Gasteiger charge is 2.19. The lowest BCUT2D eigenvalue weighted by molar-refractivity contribution is 0.100.